The third-order valence-corrected chi connectivity index (χ3v) is 4.71. The summed E-state index contributed by atoms with van der Waals surface area (Å²) < 4.78 is 1.20. The van der Waals surface area contributed by atoms with E-state index in [1.54, 1.807) is 11.3 Å². The Morgan fingerprint density at radius 3 is 2.90 bits per heavy atom. The number of nitrogens with zero attached hydrogens (tertiary/aromatic N) is 2. The van der Waals surface area contributed by atoms with Gasteiger partial charge in [-0.1, -0.05) is 44.2 Å². The highest BCUT2D eigenvalue weighted by Gasteiger charge is 2.29. The minimum atomic E-state index is 0.367. The summed E-state index contributed by atoms with van der Waals surface area (Å²) in [6, 6.07) is 8.19. The van der Waals surface area contributed by atoms with Crippen LogP contribution in [0.25, 0.3) is 10.2 Å². The Hall–Kier alpha value is -1.42. The molecular formula is C16H21N3S. The molecular weight excluding hydrogens is 266 g/mol. The zero-order chi connectivity index (χ0) is 14.2. The molecule has 0 aliphatic heterocycles. The molecule has 1 aromatic heterocycles. The summed E-state index contributed by atoms with van der Waals surface area (Å²) in [7, 11) is 0. The van der Waals surface area contributed by atoms with Crippen molar-refractivity contribution in [2.75, 3.05) is 5.43 Å². The number of aromatic nitrogens is 1. The second-order valence-corrected chi connectivity index (χ2v) is 7.66. The maximum absolute atomic E-state index is 4.61. The number of nitrogens with one attached hydrogen (secondary N) is 1. The molecule has 106 valence electrons. The van der Waals surface area contributed by atoms with Crippen LogP contribution in [-0.2, 0) is 0 Å². The number of para-hydroxylation sites is 1. The third kappa shape index (κ3) is 3.01. The monoisotopic (exact) mass is 287 g/mol. The molecule has 0 saturated heterocycles. The summed E-state index contributed by atoms with van der Waals surface area (Å²) >= 11 is 1.66. The van der Waals surface area contributed by atoms with Crippen LogP contribution in [-0.4, -0.2) is 10.7 Å². The Balaban J connectivity index is 1.76. The van der Waals surface area contributed by atoms with E-state index in [-0.39, 0.29) is 0 Å². The Morgan fingerprint density at radius 2 is 2.15 bits per heavy atom. The molecule has 1 N–H and O–H groups in total. The van der Waals surface area contributed by atoms with E-state index < -0.39 is 0 Å². The molecule has 0 unspecified atom stereocenters. The van der Waals surface area contributed by atoms with Crippen LogP contribution in [0, 0.1) is 11.3 Å². The second kappa shape index (κ2) is 5.17. The first kappa shape index (κ1) is 13.6. The first-order valence-corrected chi connectivity index (χ1v) is 8.00. The molecule has 0 amide bonds. The van der Waals surface area contributed by atoms with Gasteiger partial charge in [-0.3, -0.25) is 5.43 Å². The van der Waals surface area contributed by atoms with E-state index in [2.05, 4.69) is 42.3 Å². The highest BCUT2D eigenvalue weighted by Crippen LogP contribution is 2.37. The van der Waals surface area contributed by atoms with Crippen molar-refractivity contribution < 1.29 is 0 Å². The Kier molecular flexibility index (Phi) is 3.50. The van der Waals surface area contributed by atoms with E-state index in [4.69, 9.17) is 0 Å². The highest BCUT2D eigenvalue weighted by atomic mass is 32.1. The van der Waals surface area contributed by atoms with Gasteiger partial charge in [0.05, 0.1) is 10.2 Å². The highest BCUT2D eigenvalue weighted by molar-refractivity contribution is 7.22. The number of rotatable bonds is 2. The number of hydrogen-bond acceptors (Lipinski definition) is 4. The Bertz CT molecular complexity index is 609. The van der Waals surface area contributed by atoms with E-state index in [1.165, 1.54) is 16.8 Å². The van der Waals surface area contributed by atoms with E-state index in [1.807, 2.05) is 18.2 Å². The third-order valence-electron chi connectivity index (χ3n) is 3.77. The van der Waals surface area contributed by atoms with Gasteiger partial charge in [-0.15, -0.1) is 0 Å². The van der Waals surface area contributed by atoms with Crippen LogP contribution in [0.5, 0.6) is 0 Å². The molecule has 2 aromatic rings. The van der Waals surface area contributed by atoms with Crippen LogP contribution in [0.2, 0.25) is 0 Å². The largest absolute Gasteiger partial charge is 0.253 e. The van der Waals surface area contributed by atoms with Crippen LogP contribution in [0.4, 0.5) is 5.13 Å². The Labute approximate surface area is 124 Å². The van der Waals surface area contributed by atoms with Gasteiger partial charge >= 0.3 is 0 Å². The van der Waals surface area contributed by atoms with E-state index in [9.17, 15) is 0 Å². The average Bonchev–Trinajstić information content (AvgIpc) is 2.76. The first-order chi connectivity index (χ1) is 9.52. The van der Waals surface area contributed by atoms with Gasteiger partial charge in [-0.25, -0.2) is 4.98 Å². The summed E-state index contributed by atoms with van der Waals surface area (Å²) in [4.78, 5) is 4.55. The quantitative estimate of drug-likeness (QED) is 0.797. The predicted octanol–water partition coefficient (Wildman–Crippen LogP) is 4.91. The lowest BCUT2D eigenvalue weighted by molar-refractivity contribution is 0.266. The van der Waals surface area contributed by atoms with Crippen LogP contribution in [0.3, 0.4) is 0 Å². The second-order valence-electron chi connectivity index (χ2n) is 6.63. The molecule has 0 bridgehead atoms. The van der Waals surface area contributed by atoms with Gasteiger partial charge in [-0.2, -0.15) is 5.10 Å². The predicted molar refractivity (Wildman–Crippen MR) is 87.5 cm³/mol. The Morgan fingerprint density at radius 1 is 1.35 bits per heavy atom. The minimum Gasteiger partial charge on any atom is -0.253 e. The van der Waals surface area contributed by atoms with Crippen molar-refractivity contribution in [2.24, 2.45) is 16.4 Å². The molecule has 0 radical (unpaired) electrons. The fraction of sp³-hybridized carbons (Fsp3) is 0.500. The van der Waals surface area contributed by atoms with Gasteiger partial charge in [0.1, 0.15) is 0 Å². The van der Waals surface area contributed by atoms with E-state index in [0.717, 1.165) is 29.4 Å². The van der Waals surface area contributed by atoms with Gasteiger partial charge < -0.3 is 0 Å². The number of benzene rings is 1. The molecule has 1 heterocycles. The molecule has 1 aliphatic rings. The number of hydrogen-bond donors (Lipinski definition) is 1. The number of hydrazone groups is 1. The summed E-state index contributed by atoms with van der Waals surface area (Å²) in [5.74, 6) is 0.717. The van der Waals surface area contributed by atoms with Gasteiger partial charge in [0.2, 0.25) is 5.13 Å². The average molecular weight is 287 g/mol. The van der Waals surface area contributed by atoms with Crippen molar-refractivity contribution in [1.82, 2.24) is 4.98 Å². The molecule has 4 heteroatoms. The summed E-state index contributed by atoms with van der Waals surface area (Å²) in [5.41, 5.74) is 5.84. The van der Waals surface area contributed by atoms with Crippen LogP contribution in [0.15, 0.2) is 29.4 Å². The smallest absolute Gasteiger partial charge is 0.204 e. The standard InChI is InChI=1S/C16H21N3S/c1-11-8-12(10-16(2,3)9-11)18-19-15-17-13-6-4-5-7-14(13)20-15/h4-7,11H,8-10H2,1-3H3,(H,17,19)/b18-12+/t11-/m0/s1. The lowest BCUT2D eigenvalue weighted by Gasteiger charge is -2.34. The van der Waals surface area contributed by atoms with Crippen molar-refractivity contribution >= 4 is 32.4 Å². The molecule has 1 fully saturated rings. The van der Waals surface area contributed by atoms with Gasteiger partial charge in [0.25, 0.3) is 0 Å². The van der Waals surface area contributed by atoms with Crippen molar-refractivity contribution in [1.29, 1.82) is 0 Å². The molecule has 0 spiro atoms. The van der Waals surface area contributed by atoms with E-state index in [0.29, 0.717) is 5.41 Å². The molecule has 3 nitrogen and oxygen atoms in total. The van der Waals surface area contributed by atoms with E-state index >= 15 is 0 Å². The van der Waals surface area contributed by atoms with Crippen LogP contribution in [0.1, 0.15) is 40.0 Å². The summed E-state index contributed by atoms with van der Waals surface area (Å²) in [6.45, 7) is 6.97. The molecule has 1 atom stereocenters. The fourth-order valence-corrected chi connectivity index (χ4v) is 4.05. The summed E-state index contributed by atoms with van der Waals surface area (Å²) in [5, 5.41) is 5.49. The molecule has 1 aromatic carbocycles. The SMILES string of the molecule is C[C@H]1C/C(=N\Nc2nc3ccccc3s2)CC(C)(C)C1. The van der Waals surface area contributed by atoms with Crippen molar-refractivity contribution in [3.05, 3.63) is 24.3 Å². The maximum Gasteiger partial charge on any atom is 0.204 e. The zero-order valence-corrected chi connectivity index (χ0v) is 13.1. The first-order valence-electron chi connectivity index (χ1n) is 7.19. The van der Waals surface area contributed by atoms with Crippen molar-refractivity contribution in [3.63, 3.8) is 0 Å². The maximum atomic E-state index is 4.61. The molecule has 3 rings (SSSR count). The zero-order valence-electron chi connectivity index (χ0n) is 12.3. The number of fused-ring (bicyclic) bond motifs is 1. The van der Waals surface area contributed by atoms with Gasteiger partial charge in [0.15, 0.2) is 0 Å². The lowest BCUT2D eigenvalue weighted by atomic mass is 9.72. The number of anilines is 1. The number of thiazole rings is 1. The van der Waals surface area contributed by atoms with Crippen LogP contribution < -0.4 is 5.43 Å². The normalized spacial score (nSPS) is 24.1. The van der Waals surface area contributed by atoms with Crippen LogP contribution >= 0.6 is 11.3 Å². The molecule has 1 aliphatic carbocycles. The topological polar surface area (TPSA) is 37.3 Å². The lowest BCUT2D eigenvalue weighted by Crippen LogP contribution is -2.28. The van der Waals surface area contributed by atoms with Crippen molar-refractivity contribution in [2.45, 2.75) is 40.0 Å². The fourth-order valence-electron chi connectivity index (χ4n) is 3.25. The van der Waals surface area contributed by atoms with Gasteiger partial charge in [0, 0.05) is 5.71 Å². The minimum absolute atomic E-state index is 0.367. The molecule has 1 saturated carbocycles. The van der Waals surface area contributed by atoms with Crippen molar-refractivity contribution in [3.8, 4) is 0 Å². The summed E-state index contributed by atoms with van der Waals surface area (Å²) in [6.07, 6.45) is 3.46. The molecule has 20 heavy (non-hydrogen) atoms. The van der Waals surface area contributed by atoms with Gasteiger partial charge in [-0.05, 0) is 42.7 Å².